The molecule has 1 aliphatic carbocycles. The van der Waals surface area contributed by atoms with E-state index in [0.717, 1.165) is 43.4 Å². The summed E-state index contributed by atoms with van der Waals surface area (Å²) in [6.07, 6.45) is 4.08. The Bertz CT molecular complexity index is 1070. The summed E-state index contributed by atoms with van der Waals surface area (Å²) >= 11 is 0. The lowest BCUT2D eigenvalue weighted by atomic mass is 9.87. The molecule has 0 saturated carbocycles. The minimum atomic E-state index is -3.53. The number of nitrogens with one attached hydrogen (secondary N) is 3. The third-order valence-corrected chi connectivity index (χ3v) is 8.16. The number of rotatable bonds is 2. The Balaban J connectivity index is 1.26. The van der Waals surface area contributed by atoms with Crippen LogP contribution in [0.25, 0.3) is 0 Å². The minimum Gasteiger partial charge on any atom is -0.368 e. The number of carbonyl (C=O) groups is 1. The fourth-order valence-corrected chi connectivity index (χ4v) is 6.28. The van der Waals surface area contributed by atoms with Crippen LogP contribution in [0.3, 0.4) is 0 Å². The van der Waals surface area contributed by atoms with Crippen molar-refractivity contribution in [3.8, 4) is 0 Å². The number of benzene rings is 1. The van der Waals surface area contributed by atoms with Crippen molar-refractivity contribution in [2.45, 2.75) is 50.1 Å². The molecule has 2 atom stereocenters. The first-order valence-corrected chi connectivity index (χ1v) is 12.1. The van der Waals surface area contributed by atoms with E-state index < -0.39 is 10.0 Å². The highest BCUT2D eigenvalue weighted by molar-refractivity contribution is 7.89. The number of carbonyl (C=O) groups excluding carboxylic acids is 1. The third-order valence-electron chi connectivity index (χ3n) is 6.66. The zero-order valence-electron chi connectivity index (χ0n) is 17.0. The van der Waals surface area contributed by atoms with Crippen molar-refractivity contribution in [1.82, 2.24) is 19.8 Å². The van der Waals surface area contributed by atoms with Gasteiger partial charge in [-0.3, -0.25) is 9.89 Å². The van der Waals surface area contributed by atoms with Gasteiger partial charge in [0.1, 0.15) is 4.90 Å². The maximum Gasteiger partial charge on any atom is 0.274 e. The Morgan fingerprint density at radius 2 is 1.93 bits per heavy atom. The number of sulfonamides is 1. The molecule has 1 aromatic heterocycles. The second-order valence-electron chi connectivity index (χ2n) is 8.75. The smallest absolute Gasteiger partial charge is 0.274 e. The number of fused-ring (bicyclic) bond motifs is 2. The molecule has 2 aliphatic heterocycles. The van der Waals surface area contributed by atoms with Crippen molar-refractivity contribution >= 4 is 21.6 Å². The molecule has 0 bridgehead atoms. The number of likely N-dealkylation sites (tertiary alicyclic amines) is 1. The molecule has 0 spiro atoms. The summed E-state index contributed by atoms with van der Waals surface area (Å²) in [5, 5.41) is 10.7. The maximum atomic E-state index is 13.1. The van der Waals surface area contributed by atoms with Crippen LogP contribution in [-0.2, 0) is 22.9 Å². The number of aromatic amines is 1. The SMILES string of the molecule is CC1CCc2[nH]nc(C(=O)N3CCC(C4Nc5ccccc5S(=O)(=O)N4)CC3)c2C1. The summed E-state index contributed by atoms with van der Waals surface area (Å²) in [6.45, 7) is 3.41. The van der Waals surface area contributed by atoms with E-state index in [-0.39, 0.29) is 22.9 Å². The fraction of sp³-hybridized carbons (Fsp3) is 0.524. The van der Waals surface area contributed by atoms with Crippen LogP contribution in [-0.4, -0.2) is 48.7 Å². The monoisotopic (exact) mass is 429 g/mol. The number of hydrogen-bond donors (Lipinski definition) is 3. The summed E-state index contributed by atoms with van der Waals surface area (Å²) in [7, 11) is -3.53. The molecule has 2 aromatic rings. The van der Waals surface area contributed by atoms with E-state index >= 15 is 0 Å². The zero-order chi connectivity index (χ0) is 20.9. The van der Waals surface area contributed by atoms with Gasteiger partial charge in [0.2, 0.25) is 10.0 Å². The molecule has 3 heterocycles. The Morgan fingerprint density at radius 3 is 2.73 bits per heavy atom. The van der Waals surface area contributed by atoms with Crippen molar-refractivity contribution in [2.75, 3.05) is 18.4 Å². The van der Waals surface area contributed by atoms with Crippen molar-refractivity contribution in [1.29, 1.82) is 0 Å². The summed E-state index contributed by atoms with van der Waals surface area (Å²) in [6, 6.07) is 6.95. The van der Waals surface area contributed by atoms with E-state index in [0.29, 0.717) is 30.4 Å². The van der Waals surface area contributed by atoms with Crippen molar-refractivity contribution in [2.24, 2.45) is 11.8 Å². The Hall–Kier alpha value is -2.39. The quantitative estimate of drug-likeness (QED) is 0.678. The van der Waals surface area contributed by atoms with Crippen LogP contribution < -0.4 is 10.0 Å². The summed E-state index contributed by atoms with van der Waals surface area (Å²) in [5.41, 5.74) is 3.39. The number of hydrogen-bond acceptors (Lipinski definition) is 5. The number of nitrogens with zero attached hydrogens (tertiary/aromatic N) is 2. The van der Waals surface area contributed by atoms with E-state index in [4.69, 9.17) is 0 Å². The van der Waals surface area contributed by atoms with E-state index in [2.05, 4.69) is 27.2 Å². The standard InChI is InChI=1S/C21H27N5O3S/c1-13-6-7-16-15(12-13)19(24-23-16)21(27)26-10-8-14(9-11-26)20-22-17-4-2-3-5-18(17)30(28,29)25-20/h2-5,13-14,20,22,25H,6-12H2,1H3,(H,23,24). The van der Waals surface area contributed by atoms with Crippen LogP contribution in [0, 0.1) is 11.8 Å². The van der Waals surface area contributed by atoms with Gasteiger partial charge in [0.25, 0.3) is 5.91 Å². The van der Waals surface area contributed by atoms with Gasteiger partial charge in [-0.05, 0) is 56.1 Å². The largest absolute Gasteiger partial charge is 0.368 e. The van der Waals surface area contributed by atoms with E-state index in [1.165, 1.54) is 0 Å². The number of aryl methyl sites for hydroxylation is 1. The second-order valence-corrected chi connectivity index (χ2v) is 10.4. The highest BCUT2D eigenvalue weighted by Crippen LogP contribution is 2.32. The van der Waals surface area contributed by atoms with Gasteiger partial charge >= 0.3 is 0 Å². The van der Waals surface area contributed by atoms with Crippen LogP contribution in [0.1, 0.15) is 47.9 Å². The average Bonchev–Trinajstić information content (AvgIpc) is 3.16. The second kappa shape index (κ2) is 7.39. The molecule has 160 valence electrons. The molecule has 30 heavy (non-hydrogen) atoms. The Labute approximate surface area is 176 Å². The molecular formula is C21H27N5O3S. The van der Waals surface area contributed by atoms with Crippen LogP contribution in [0.2, 0.25) is 0 Å². The van der Waals surface area contributed by atoms with Gasteiger partial charge in [0.05, 0.1) is 11.9 Å². The van der Waals surface area contributed by atoms with E-state index in [1.807, 2.05) is 11.0 Å². The lowest BCUT2D eigenvalue weighted by molar-refractivity contribution is 0.0672. The molecule has 1 fully saturated rings. The molecule has 1 saturated heterocycles. The Morgan fingerprint density at radius 1 is 1.17 bits per heavy atom. The molecule has 2 unspecified atom stereocenters. The van der Waals surface area contributed by atoms with E-state index in [9.17, 15) is 13.2 Å². The van der Waals surface area contributed by atoms with Crippen molar-refractivity contribution < 1.29 is 13.2 Å². The molecule has 1 aromatic carbocycles. The molecular weight excluding hydrogens is 402 g/mol. The van der Waals surface area contributed by atoms with Gasteiger partial charge in [0.15, 0.2) is 5.69 Å². The normalized spacial score (nSPS) is 25.8. The topological polar surface area (TPSA) is 107 Å². The van der Waals surface area contributed by atoms with Gasteiger partial charge in [0, 0.05) is 24.3 Å². The van der Waals surface area contributed by atoms with Crippen molar-refractivity contribution in [3.63, 3.8) is 0 Å². The van der Waals surface area contributed by atoms with E-state index in [1.54, 1.807) is 18.2 Å². The Kier molecular flexibility index (Phi) is 4.82. The average molecular weight is 430 g/mol. The van der Waals surface area contributed by atoms with Crippen molar-refractivity contribution in [3.05, 3.63) is 41.2 Å². The zero-order valence-corrected chi connectivity index (χ0v) is 17.8. The van der Waals surface area contributed by atoms with Gasteiger partial charge < -0.3 is 10.2 Å². The van der Waals surface area contributed by atoms with Crippen LogP contribution in [0.4, 0.5) is 5.69 Å². The molecule has 3 aliphatic rings. The van der Waals surface area contributed by atoms with Crippen LogP contribution in [0.15, 0.2) is 29.2 Å². The number of anilines is 1. The summed E-state index contributed by atoms with van der Waals surface area (Å²) < 4.78 is 28.0. The molecule has 5 rings (SSSR count). The molecule has 3 N–H and O–H groups in total. The van der Waals surface area contributed by atoms with Crippen LogP contribution in [0.5, 0.6) is 0 Å². The molecule has 8 nitrogen and oxygen atoms in total. The summed E-state index contributed by atoms with van der Waals surface area (Å²) in [4.78, 5) is 15.2. The highest BCUT2D eigenvalue weighted by Gasteiger charge is 2.37. The van der Waals surface area contributed by atoms with Gasteiger partial charge in [-0.2, -0.15) is 9.82 Å². The molecule has 1 amide bonds. The summed E-state index contributed by atoms with van der Waals surface area (Å²) in [5.74, 6) is 0.675. The first-order chi connectivity index (χ1) is 14.4. The molecule has 9 heteroatoms. The predicted octanol–water partition coefficient (Wildman–Crippen LogP) is 2.12. The van der Waals surface area contributed by atoms with Crippen LogP contribution >= 0.6 is 0 Å². The first kappa shape index (κ1) is 19.6. The lowest BCUT2D eigenvalue weighted by Gasteiger charge is -2.38. The fourth-order valence-electron chi connectivity index (χ4n) is 4.89. The number of amides is 1. The van der Waals surface area contributed by atoms with Gasteiger partial charge in [-0.25, -0.2) is 8.42 Å². The van der Waals surface area contributed by atoms with Gasteiger partial charge in [-0.15, -0.1) is 0 Å². The predicted molar refractivity (Wildman–Crippen MR) is 113 cm³/mol. The number of aromatic nitrogens is 2. The number of H-pyrrole nitrogens is 1. The first-order valence-electron chi connectivity index (χ1n) is 10.7. The highest BCUT2D eigenvalue weighted by atomic mass is 32.2. The minimum absolute atomic E-state index is 0.0115. The number of piperidine rings is 1. The maximum absolute atomic E-state index is 13.1. The van der Waals surface area contributed by atoms with Gasteiger partial charge in [-0.1, -0.05) is 19.1 Å². The third kappa shape index (κ3) is 3.39. The lowest BCUT2D eigenvalue weighted by Crippen LogP contribution is -2.52. The molecule has 0 radical (unpaired) electrons. The number of para-hydroxylation sites is 1.